The third kappa shape index (κ3) is 4.43. The number of carbonyl (C=O) groups is 2. The second kappa shape index (κ2) is 9.03. The minimum Gasteiger partial charge on any atom is -0.494 e. The van der Waals surface area contributed by atoms with Crippen molar-refractivity contribution in [3.8, 4) is 5.75 Å². The maximum atomic E-state index is 13.4. The van der Waals surface area contributed by atoms with Gasteiger partial charge < -0.3 is 19.7 Å². The molecule has 2 saturated heterocycles. The van der Waals surface area contributed by atoms with Crippen LogP contribution in [-0.4, -0.2) is 61.5 Å². The number of hydrogen-bond donors (Lipinski definition) is 1. The van der Waals surface area contributed by atoms with Crippen LogP contribution in [0.25, 0.3) is 0 Å². The smallest absolute Gasteiger partial charge is 0.410 e. The van der Waals surface area contributed by atoms with E-state index in [4.69, 9.17) is 9.47 Å². The molecule has 2 fully saturated rings. The van der Waals surface area contributed by atoms with E-state index < -0.39 is 5.82 Å². The van der Waals surface area contributed by atoms with Crippen LogP contribution in [0.1, 0.15) is 43.0 Å². The molecule has 0 spiro atoms. The maximum Gasteiger partial charge on any atom is 0.410 e. The largest absolute Gasteiger partial charge is 0.494 e. The van der Waals surface area contributed by atoms with Gasteiger partial charge >= 0.3 is 6.09 Å². The van der Waals surface area contributed by atoms with Gasteiger partial charge in [0.2, 0.25) is 0 Å². The van der Waals surface area contributed by atoms with Gasteiger partial charge in [-0.2, -0.15) is 0 Å². The second-order valence-electron chi connectivity index (χ2n) is 6.95. The number of rotatable bonds is 6. The van der Waals surface area contributed by atoms with Gasteiger partial charge in [-0.15, -0.1) is 0 Å². The van der Waals surface area contributed by atoms with Crippen LogP contribution in [0.5, 0.6) is 5.75 Å². The summed E-state index contributed by atoms with van der Waals surface area (Å²) in [5.41, 5.74) is 1.43. The Kier molecular flexibility index (Phi) is 6.49. The van der Waals surface area contributed by atoms with Gasteiger partial charge in [-0.1, -0.05) is 0 Å². The lowest BCUT2D eigenvalue weighted by molar-refractivity contribution is 0.0859. The lowest BCUT2D eigenvalue weighted by atomic mass is 10.0. The van der Waals surface area contributed by atoms with Gasteiger partial charge in [0.15, 0.2) is 11.6 Å². The number of aliphatic imine (C=N–C) groups is 1. The molecule has 28 heavy (non-hydrogen) atoms. The lowest BCUT2D eigenvalue weighted by Crippen LogP contribution is -2.47. The van der Waals surface area contributed by atoms with E-state index in [1.54, 1.807) is 0 Å². The van der Waals surface area contributed by atoms with Crippen molar-refractivity contribution in [1.29, 1.82) is 0 Å². The molecule has 0 aliphatic carbocycles. The Morgan fingerprint density at radius 3 is 2.64 bits per heavy atom. The zero-order valence-electron chi connectivity index (χ0n) is 16.2. The molecule has 2 atom stereocenters. The molecule has 2 bridgehead atoms. The van der Waals surface area contributed by atoms with Crippen molar-refractivity contribution < 1.29 is 23.5 Å². The number of piperidine rings is 1. The summed E-state index contributed by atoms with van der Waals surface area (Å²) >= 11 is 0. The highest BCUT2D eigenvalue weighted by Gasteiger charge is 2.42. The van der Waals surface area contributed by atoms with Crippen LogP contribution in [0.15, 0.2) is 23.2 Å². The summed E-state index contributed by atoms with van der Waals surface area (Å²) in [7, 11) is 1.36. The number of amides is 2. The van der Waals surface area contributed by atoms with Crippen LogP contribution in [0.2, 0.25) is 0 Å². The molecule has 3 rings (SSSR count). The number of carbonyl (C=O) groups excluding carboxylic acids is 2. The number of fused-ring (bicyclic) bond motifs is 2. The molecule has 7 nitrogen and oxygen atoms in total. The van der Waals surface area contributed by atoms with Gasteiger partial charge in [-0.3, -0.25) is 9.79 Å². The average Bonchev–Trinajstić information content (AvgIpc) is 2.96. The van der Waals surface area contributed by atoms with Crippen molar-refractivity contribution in [2.24, 2.45) is 4.99 Å². The van der Waals surface area contributed by atoms with Crippen LogP contribution in [0, 0.1) is 5.82 Å². The first kappa shape index (κ1) is 20.1. The van der Waals surface area contributed by atoms with Crippen molar-refractivity contribution in [3.05, 3.63) is 29.6 Å². The molecule has 2 heterocycles. The maximum absolute atomic E-state index is 13.4. The predicted octanol–water partition coefficient (Wildman–Crippen LogP) is 2.79. The molecule has 2 unspecified atom stereocenters. The second-order valence-corrected chi connectivity index (χ2v) is 6.95. The zero-order chi connectivity index (χ0) is 20.1. The fourth-order valence-corrected chi connectivity index (χ4v) is 3.90. The van der Waals surface area contributed by atoms with Gasteiger partial charge in [0, 0.05) is 42.7 Å². The topological polar surface area (TPSA) is 80.2 Å². The molecule has 152 valence electrons. The Bertz CT molecular complexity index is 752. The number of hydrogen-bond acceptors (Lipinski definition) is 5. The van der Waals surface area contributed by atoms with Crippen molar-refractivity contribution in [2.75, 3.05) is 26.8 Å². The summed E-state index contributed by atoms with van der Waals surface area (Å²) < 4.78 is 23.5. The fourth-order valence-electron chi connectivity index (χ4n) is 3.90. The van der Waals surface area contributed by atoms with Gasteiger partial charge in [-0.05, 0) is 38.0 Å². The molecule has 1 aromatic rings. The van der Waals surface area contributed by atoms with Gasteiger partial charge in [0.25, 0.3) is 5.91 Å². The highest BCUT2D eigenvalue weighted by atomic mass is 19.1. The van der Waals surface area contributed by atoms with E-state index in [1.165, 1.54) is 25.3 Å². The van der Waals surface area contributed by atoms with E-state index in [-0.39, 0.29) is 29.8 Å². The molecule has 0 radical (unpaired) electrons. The van der Waals surface area contributed by atoms with Crippen molar-refractivity contribution in [3.63, 3.8) is 0 Å². The van der Waals surface area contributed by atoms with Crippen LogP contribution >= 0.6 is 0 Å². The van der Waals surface area contributed by atoms with Crippen LogP contribution in [0.3, 0.4) is 0 Å². The molecular formula is C20H26FN3O4. The summed E-state index contributed by atoms with van der Waals surface area (Å²) in [6.45, 7) is 3.06. The molecule has 1 N–H and O–H groups in total. The Balaban J connectivity index is 1.48. The number of benzene rings is 1. The molecule has 2 aliphatic heterocycles. The number of ether oxygens (including phenoxy) is 2. The lowest BCUT2D eigenvalue weighted by Gasteiger charge is -2.34. The summed E-state index contributed by atoms with van der Waals surface area (Å²) in [5, 5.41) is 2.78. The number of nitrogens with zero attached hydrogens (tertiary/aromatic N) is 2. The van der Waals surface area contributed by atoms with Crippen LogP contribution in [-0.2, 0) is 4.74 Å². The third-order valence-electron chi connectivity index (χ3n) is 5.19. The summed E-state index contributed by atoms with van der Waals surface area (Å²) in [6, 6.07) is 4.33. The minimum absolute atomic E-state index is 0.0386. The highest BCUT2D eigenvalue weighted by Crippen LogP contribution is 2.34. The Morgan fingerprint density at radius 2 is 2.00 bits per heavy atom. The van der Waals surface area contributed by atoms with Crippen molar-refractivity contribution in [1.82, 2.24) is 10.2 Å². The average molecular weight is 391 g/mol. The molecular weight excluding hydrogens is 365 g/mol. The molecule has 2 amide bonds. The molecule has 0 aromatic heterocycles. The van der Waals surface area contributed by atoms with Crippen molar-refractivity contribution in [2.45, 2.75) is 44.7 Å². The number of halogens is 1. The van der Waals surface area contributed by atoms with E-state index in [0.717, 1.165) is 31.4 Å². The van der Waals surface area contributed by atoms with E-state index in [2.05, 4.69) is 10.3 Å². The van der Waals surface area contributed by atoms with Gasteiger partial charge in [-0.25, -0.2) is 9.18 Å². The van der Waals surface area contributed by atoms with Crippen molar-refractivity contribution >= 4 is 17.7 Å². The van der Waals surface area contributed by atoms with E-state index in [1.807, 2.05) is 11.8 Å². The fraction of sp³-hybridized carbons (Fsp3) is 0.550. The SMILES string of the molecule is CCOC(=O)N1C2CCC1CC(=NCCNC(=O)c1ccc(F)c(OC)c1)C2. The minimum atomic E-state index is -0.505. The standard InChI is InChI=1S/C20H26FN3O4/c1-3-28-20(26)24-15-5-6-16(24)12-14(11-15)22-8-9-23-19(25)13-4-7-17(21)18(10-13)27-2/h4,7,10,15-16H,3,5-6,8-9,11-12H2,1-2H3,(H,23,25). The van der Waals surface area contributed by atoms with Gasteiger partial charge in [0.1, 0.15) is 0 Å². The van der Waals surface area contributed by atoms with Gasteiger partial charge in [0.05, 0.1) is 20.3 Å². The summed E-state index contributed by atoms with van der Waals surface area (Å²) in [6.07, 6.45) is 3.25. The first-order chi connectivity index (χ1) is 13.5. The van der Waals surface area contributed by atoms with Crippen LogP contribution < -0.4 is 10.1 Å². The third-order valence-corrected chi connectivity index (χ3v) is 5.19. The monoisotopic (exact) mass is 391 g/mol. The zero-order valence-corrected chi connectivity index (χ0v) is 16.2. The molecule has 8 heteroatoms. The number of nitrogens with one attached hydrogen (secondary N) is 1. The molecule has 0 saturated carbocycles. The molecule has 2 aliphatic rings. The Morgan fingerprint density at radius 1 is 1.29 bits per heavy atom. The molecule has 1 aromatic carbocycles. The highest BCUT2D eigenvalue weighted by molar-refractivity contribution is 5.94. The Labute approximate surface area is 163 Å². The Hall–Kier alpha value is -2.64. The first-order valence-electron chi connectivity index (χ1n) is 9.62. The van der Waals surface area contributed by atoms with E-state index in [0.29, 0.717) is 25.3 Å². The normalized spacial score (nSPS) is 20.7. The predicted molar refractivity (Wildman–Crippen MR) is 102 cm³/mol. The summed E-state index contributed by atoms with van der Waals surface area (Å²) in [5.74, 6) is -0.762. The summed E-state index contributed by atoms with van der Waals surface area (Å²) in [4.78, 5) is 30.7. The van der Waals surface area contributed by atoms with Crippen LogP contribution in [0.4, 0.5) is 9.18 Å². The first-order valence-corrected chi connectivity index (χ1v) is 9.62. The van der Waals surface area contributed by atoms with E-state index in [9.17, 15) is 14.0 Å². The quantitative estimate of drug-likeness (QED) is 0.756. The number of methoxy groups -OCH3 is 1. The van der Waals surface area contributed by atoms with E-state index >= 15 is 0 Å².